The number of carbonyl (C=O) groups excluding carboxylic acids is 1. The highest BCUT2D eigenvalue weighted by atomic mass is 16.6. The van der Waals surface area contributed by atoms with Gasteiger partial charge in [-0.3, -0.25) is 14.9 Å². The highest BCUT2D eigenvalue weighted by molar-refractivity contribution is 6.05. The van der Waals surface area contributed by atoms with Gasteiger partial charge in [0.1, 0.15) is 11.4 Å². The van der Waals surface area contributed by atoms with E-state index in [1.54, 1.807) is 55.4 Å². The van der Waals surface area contributed by atoms with Crippen LogP contribution in [0.4, 0.5) is 17.1 Å². The number of benzene rings is 2. The molecule has 7 nitrogen and oxygen atoms in total. The summed E-state index contributed by atoms with van der Waals surface area (Å²) in [4.78, 5) is 24.8. The lowest BCUT2D eigenvalue weighted by Gasteiger charge is -2.14. The molecule has 2 aromatic rings. The van der Waals surface area contributed by atoms with Crippen LogP contribution in [0.1, 0.15) is 17.3 Å². The molecule has 2 aromatic carbocycles. The number of ether oxygens (including phenoxy) is 1. The number of nitro groups is 1. The summed E-state index contributed by atoms with van der Waals surface area (Å²) in [7, 11) is 3.42. The van der Waals surface area contributed by atoms with E-state index >= 15 is 0 Å². The van der Waals surface area contributed by atoms with E-state index in [0.29, 0.717) is 23.7 Å². The molecule has 126 valence electrons. The quantitative estimate of drug-likeness (QED) is 0.649. The molecular weight excluding hydrogens is 310 g/mol. The van der Waals surface area contributed by atoms with Crippen LogP contribution in [0.25, 0.3) is 0 Å². The molecule has 0 aromatic heterocycles. The standard InChI is InChI=1S/C17H19N3O4/c1-4-24-16-8-6-5-7-13(16)18-17(21)12-9-10-14(19(2)3)15(11-12)20(22)23/h5-11H,4H2,1-3H3,(H,18,21). The van der Waals surface area contributed by atoms with E-state index in [0.717, 1.165) is 0 Å². The maximum absolute atomic E-state index is 12.4. The van der Waals surface area contributed by atoms with Gasteiger partial charge >= 0.3 is 0 Å². The van der Waals surface area contributed by atoms with Gasteiger partial charge in [-0.25, -0.2) is 0 Å². The number of hydrogen-bond acceptors (Lipinski definition) is 5. The number of para-hydroxylation sites is 2. The van der Waals surface area contributed by atoms with Gasteiger partial charge in [0.15, 0.2) is 0 Å². The molecule has 0 spiro atoms. The summed E-state index contributed by atoms with van der Waals surface area (Å²) in [6.45, 7) is 2.32. The maximum Gasteiger partial charge on any atom is 0.293 e. The Kier molecular flexibility index (Phi) is 5.36. The first kappa shape index (κ1) is 17.3. The minimum Gasteiger partial charge on any atom is -0.492 e. The average molecular weight is 329 g/mol. The number of hydrogen-bond donors (Lipinski definition) is 1. The summed E-state index contributed by atoms with van der Waals surface area (Å²) >= 11 is 0. The van der Waals surface area contributed by atoms with Crippen molar-refractivity contribution in [2.45, 2.75) is 6.92 Å². The molecule has 0 unspecified atom stereocenters. The van der Waals surface area contributed by atoms with Crippen LogP contribution in [-0.2, 0) is 0 Å². The van der Waals surface area contributed by atoms with Crippen molar-refractivity contribution in [3.05, 3.63) is 58.1 Å². The fourth-order valence-corrected chi connectivity index (χ4v) is 2.23. The van der Waals surface area contributed by atoms with Gasteiger partial charge in [0.2, 0.25) is 0 Å². The van der Waals surface area contributed by atoms with Crippen molar-refractivity contribution >= 4 is 23.0 Å². The molecule has 0 aliphatic heterocycles. The second-order valence-electron chi connectivity index (χ2n) is 5.24. The number of nitrogens with zero attached hydrogens (tertiary/aromatic N) is 2. The molecule has 0 aliphatic carbocycles. The van der Waals surface area contributed by atoms with E-state index in [4.69, 9.17) is 4.74 Å². The Morgan fingerprint density at radius 2 is 1.96 bits per heavy atom. The van der Waals surface area contributed by atoms with Gasteiger partial charge in [0, 0.05) is 25.7 Å². The minimum absolute atomic E-state index is 0.120. The van der Waals surface area contributed by atoms with E-state index in [9.17, 15) is 14.9 Å². The van der Waals surface area contributed by atoms with E-state index in [-0.39, 0.29) is 11.3 Å². The van der Waals surface area contributed by atoms with Gasteiger partial charge in [0.05, 0.1) is 17.2 Å². The zero-order chi connectivity index (χ0) is 17.7. The van der Waals surface area contributed by atoms with Crippen LogP contribution in [-0.4, -0.2) is 31.5 Å². The molecule has 0 aliphatic rings. The first-order valence-electron chi connectivity index (χ1n) is 7.43. The number of carbonyl (C=O) groups is 1. The molecule has 0 bridgehead atoms. The van der Waals surface area contributed by atoms with Gasteiger partial charge in [-0.1, -0.05) is 12.1 Å². The Labute approximate surface area is 140 Å². The first-order valence-corrected chi connectivity index (χ1v) is 7.43. The smallest absolute Gasteiger partial charge is 0.293 e. The molecule has 24 heavy (non-hydrogen) atoms. The monoisotopic (exact) mass is 329 g/mol. The van der Waals surface area contributed by atoms with Crippen LogP contribution in [0, 0.1) is 10.1 Å². The summed E-state index contributed by atoms with van der Waals surface area (Å²) in [5.41, 5.74) is 1.04. The molecule has 0 saturated heterocycles. The Balaban J connectivity index is 2.31. The maximum atomic E-state index is 12.4. The van der Waals surface area contributed by atoms with Crippen LogP contribution in [0.3, 0.4) is 0 Å². The predicted molar refractivity (Wildman–Crippen MR) is 93.0 cm³/mol. The van der Waals surface area contributed by atoms with Crippen LogP contribution in [0.5, 0.6) is 5.75 Å². The normalized spacial score (nSPS) is 10.1. The first-order chi connectivity index (χ1) is 11.4. The molecule has 0 heterocycles. The third-order valence-electron chi connectivity index (χ3n) is 3.35. The topological polar surface area (TPSA) is 84.7 Å². The van der Waals surface area contributed by atoms with E-state index in [1.807, 2.05) is 6.92 Å². The molecule has 1 N–H and O–H groups in total. The predicted octanol–water partition coefficient (Wildman–Crippen LogP) is 3.31. The van der Waals surface area contributed by atoms with Crippen LogP contribution in [0.2, 0.25) is 0 Å². The largest absolute Gasteiger partial charge is 0.492 e. The van der Waals surface area contributed by atoms with Crippen LogP contribution < -0.4 is 15.0 Å². The van der Waals surface area contributed by atoms with Gasteiger partial charge in [-0.15, -0.1) is 0 Å². The summed E-state index contributed by atoms with van der Waals surface area (Å²) in [5, 5.41) is 14.0. The van der Waals surface area contributed by atoms with Gasteiger partial charge < -0.3 is 15.0 Å². The third-order valence-corrected chi connectivity index (χ3v) is 3.35. The van der Waals surface area contributed by atoms with Gasteiger partial charge in [0.25, 0.3) is 11.6 Å². The number of rotatable bonds is 6. The summed E-state index contributed by atoms with van der Waals surface area (Å²) < 4.78 is 5.46. The summed E-state index contributed by atoms with van der Waals surface area (Å²) in [6, 6.07) is 11.4. The number of anilines is 2. The zero-order valence-electron chi connectivity index (χ0n) is 13.8. The molecular formula is C17H19N3O4. The SMILES string of the molecule is CCOc1ccccc1NC(=O)c1ccc(N(C)C)c([N+](=O)[O-])c1. The third kappa shape index (κ3) is 3.81. The van der Waals surface area contributed by atoms with Crippen molar-refractivity contribution in [2.75, 3.05) is 30.9 Å². The Morgan fingerprint density at radius 1 is 1.25 bits per heavy atom. The lowest BCUT2D eigenvalue weighted by atomic mass is 10.1. The van der Waals surface area contributed by atoms with Crippen molar-refractivity contribution in [2.24, 2.45) is 0 Å². The molecule has 1 amide bonds. The number of amides is 1. The van der Waals surface area contributed by atoms with Crippen LogP contribution in [0.15, 0.2) is 42.5 Å². The average Bonchev–Trinajstić information content (AvgIpc) is 2.56. The van der Waals surface area contributed by atoms with E-state index in [1.165, 1.54) is 6.07 Å². The highest BCUT2D eigenvalue weighted by Crippen LogP contribution is 2.29. The van der Waals surface area contributed by atoms with Crippen molar-refractivity contribution in [3.63, 3.8) is 0 Å². The van der Waals surface area contributed by atoms with Crippen molar-refractivity contribution in [1.29, 1.82) is 0 Å². The number of nitro benzene ring substituents is 1. The molecule has 0 saturated carbocycles. The lowest BCUT2D eigenvalue weighted by Crippen LogP contribution is -2.15. The zero-order valence-corrected chi connectivity index (χ0v) is 13.8. The van der Waals surface area contributed by atoms with Crippen LogP contribution >= 0.6 is 0 Å². The molecule has 7 heteroatoms. The Hall–Kier alpha value is -3.09. The van der Waals surface area contributed by atoms with Crippen molar-refractivity contribution in [1.82, 2.24) is 0 Å². The Morgan fingerprint density at radius 3 is 2.58 bits per heavy atom. The minimum atomic E-state index is -0.500. The van der Waals surface area contributed by atoms with Crippen molar-refractivity contribution in [3.8, 4) is 5.75 Å². The lowest BCUT2D eigenvalue weighted by molar-refractivity contribution is -0.384. The highest BCUT2D eigenvalue weighted by Gasteiger charge is 2.19. The molecule has 0 atom stereocenters. The summed E-state index contributed by atoms with van der Waals surface area (Å²) in [5.74, 6) is 0.114. The van der Waals surface area contributed by atoms with Crippen molar-refractivity contribution < 1.29 is 14.5 Å². The molecule has 0 radical (unpaired) electrons. The van der Waals surface area contributed by atoms with Gasteiger partial charge in [-0.2, -0.15) is 0 Å². The van der Waals surface area contributed by atoms with E-state index in [2.05, 4.69) is 5.32 Å². The number of nitrogens with one attached hydrogen (secondary N) is 1. The fraction of sp³-hybridized carbons (Fsp3) is 0.235. The Bertz CT molecular complexity index is 759. The second-order valence-corrected chi connectivity index (χ2v) is 5.24. The molecule has 0 fully saturated rings. The molecule has 2 rings (SSSR count). The van der Waals surface area contributed by atoms with E-state index < -0.39 is 10.8 Å². The second kappa shape index (κ2) is 7.45. The fourth-order valence-electron chi connectivity index (χ4n) is 2.23. The van der Waals surface area contributed by atoms with Gasteiger partial charge in [-0.05, 0) is 31.2 Å². The summed E-state index contributed by atoms with van der Waals surface area (Å²) in [6.07, 6.45) is 0.